The highest BCUT2D eigenvalue weighted by Gasteiger charge is 2.45. The minimum atomic E-state index is -0.475. The largest absolute Gasteiger partial charge is 0.448 e. The molecule has 2 N–H and O–H groups in total. The molecule has 0 saturated heterocycles. The fourth-order valence-electron chi connectivity index (χ4n) is 4.22. The van der Waals surface area contributed by atoms with E-state index in [9.17, 15) is 4.79 Å². The van der Waals surface area contributed by atoms with Crippen molar-refractivity contribution in [3.8, 4) is 11.5 Å². The van der Waals surface area contributed by atoms with Crippen LogP contribution in [0.5, 0.6) is 11.5 Å². The zero-order chi connectivity index (χ0) is 18.3. The van der Waals surface area contributed by atoms with Gasteiger partial charge in [-0.3, -0.25) is 0 Å². The monoisotopic (exact) mass is 364 g/mol. The van der Waals surface area contributed by atoms with Crippen LogP contribution in [0.15, 0.2) is 48.5 Å². The third-order valence-electron chi connectivity index (χ3n) is 5.99. The van der Waals surface area contributed by atoms with E-state index in [4.69, 9.17) is 9.47 Å². The molecule has 1 spiro atoms. The number of urea groups is 1. The van der Waals surface area contributed by atoms with Gasteiger partial charge in [0.1, 0.15) is 0 Å². The molecule has 2 aromatic rings. The SMILES string of the molecule is O=C(NCC1(c2ccccc2)CC1)Nc1ccc2c(c1)OC1(CCCC1)O2. The van der Waals surface area contributed by atoms with Crippen molar-refractivity contribution >= 4 is 11.7 Å². The highest BCUT2D eigenvalue weighted by atomic mass is 16.7. The fraction of sp³-hybridized carbons (Fsp3) is 0.409. The number of fused-ring (bicyclic) bond motifs is 1. The lowest BCUT2D eigenvalue weighted by atomic mass is 9.96. The number of amides is 2. The van der Waals surface area contributed by atoms with E-state index in [1.54, 1.807) is 0 Å². The smallest absolute Gasteiger partial charge is 0.319 e. The Morgan fingerprint density at radius 1 is 0.926 bits per heavy atom. The van der Waals surface area contributed by atoms with E-state index in [0.717, 1.165) is 55.7 Å². The van der Waals surface area contributed by atoms with Crippen molar-refractivity contribution in [2.45, 2.75) is 49.7 Å². The Balaban J connectivity index is 1.20. The molecule has 2 aliphatic carbocycles. The van der Waals surface area contributed by atoms with E-state index in [1.807, 2.05) is 24.3 Å². The molecule has 2 amide bonds. The number of rotatable bonds is 4. The molecule has 140 valence electrons. The zero-order valence-electron chi connectivity index (χ0n) is 15.3. The molecule has 2 aromatic carbocycles. The molecule has 5 nitrogen and oxygen atoms in total. The third kappa shape index (κ3) is 3.11. The number of hydrogen-bond acceptors (Lipinski definition) is 3. The molecule has 5 rings (SSSR count). The lowest BCUT2D eigenvalue weighted by molar-refractivity contribution is -0.0716. The Labute approximate surface area is 159 Å². The van der Waals surface area contributed by atoms with Crippen LogP contribution >= 0.6 is 0 Å². The molecule has 5 heteroatoms. The number of ether oxygens (including phenoxy) is 2. The predicted octanol–water partition coefficient (Wildman–Crippen LogP) is 4.58. The van der Waals surface area contributed by atoms with Crippen molar-refractivity contribution in [1.82, 2.24) is 5.32 Å². The first kappa shape index (κ1) is 16.5. The third-order valence-corrected chi connectivity index (χ3v) is 5.99. The normalized spacial score (nSPS) is 20.4. The first-order valence-electron chi connectivity index (χ1n) is 9.79. The Bertz CT molecular complexity index is 855. The van der Waals surface area contributed by atoms with Crippen molar-refractivity contribution in [3.63, 3.8) is 0 Å². The molecule has 3 aliphatic rings. The summed E-state index contributed by atoms with van der Waals surface area (Å²) in [5, 5.41) is 5.94. The summed E-state index contributed by atoms with van der Waals surface area (Å²) in [6, 6.07) is 15.8. The van der Waals surface area contributed by atoms with Gasteiger partial charge in [0, 0.05) is 36.6 Å². The van der Waals surface area contributed by atoms with Crippen molar-refractivity contribution in [3.05, 3.63) is 54.1 Å². The van der Waals surface area contributed by atoms with Gasteiger partial charge in [-0.1, -0.05) is 30.3 Å². The van der Waals surface area contributed by atoms with Crippen LogP contribution in [0.1, 0.15) is 44.1 Å². The van der Waals surface area contributed by atoms with Crippen LogP contribution in [0.2, 0.25) is 0 Å². The summed E-state index contributed by atoms with van der Waals surface area (Å²) >= 11 is 0. The van der Waals surface area contributed by atoms with Crippen molar-refractivity contribution in [1.29, 1.82) is 0 Å². The summed E-state index contributed by atoms with van der Waals surface area (Å²) in [5.41, 5.74) is 2.12. The predicted molar refractivity (Wildman–Crippen MR) is 103 cm³/mol. The maximum absolute atomic E-state index is 12.4. The quantitative estimate of drug-likeness (QED) is 0.835. The van der Waals surface area contributed by atoms with Crippen molar-refractivity contribution < 1.29 is 14.3 Å². The first-order valence-corrected chi connectivity index (χ1v) is 9.79. The van der Waals surface area contributed by atoms with Crippen LogP contribution in [-0.4, -0.2) is 18.4 Å². The van der Waals surface area contributed by atoms with Crippen LogP contribution in [0.25, 0.3) is 0 Å². The Morgan fingerprint density at radius 2 is 1.67 bits per heavy atom. The Morgan fingerprint density at radius 3 is 2.41 bits per heavy atom. The molecule has 0 bridgehead atoms. The highest BCUT2D eigenvalue weighted by molar-refractivity contribution is 5.89. The Kier molecular flexibility index (Phi) is 3.78. The molecule has 1 heterocycles. The minimum absolute atomic E-state index is 0.0995. The minimum Gasteiger partial charge on any atom is -0.448 e. The van der Waals surface area contributed by atoms with Crippen molar-refractivity contribution in [2.24, 2.45) is 0 Å². The van der Waals surface area contributed by atoms with Gasteiger partial charge in [0.05, 0.1) is 0 Å². The van der Waals surface area contributed by atoms with Crippen molar-refractivity contribution in [2.75, 3.05) is 11.9 Å². The van der Waals surface area contributed by atoms with E-state index in [0.29, 0.717) is 6.54 Å². The summed E-state index contributed by atoms with van der Waals surface area (Å²) in [6.45, 7) is 0.649. The van der Waals surface area contributed by atoms with Gasteiger partial charge in [-0.2, -0.15) is 0 Å². The average Bonchev–Trinajstić information content (AvgIpc) is 3.21. The summed E-state index contributed by atoms with van der Waals surface area (Å²) in [4.78, 5) is 12.4. The van der Waals surface area contributed by atoms with E-state index >= 15 is 0 Å². The van der Waals surface area contributed by atoms with Gasteiger partial charge in [0.2, 0.25) is 0 Å². The van der Waals surface area contributed by atoms with E-state index in [-0.39, 0.29) is 11.4 Å². The molecule has 0 radical (unpaired) electrons. The summed E-state index contributed by atoms with van der Waals surface area (Å²) in [5.74, 6) is 1.01. The van der Waals surface area contributed by atoms with E-state index in [1.165, 1.54) is 5.56 Å². The summed E-state index contributed by atoms with van der Waals surface area (Å²) in [6.07, 6.45) is 6.33. The number of benzene rings is 2. The number of hydrogen-bond donors (Lipinski definition) is 2. The molecular formula is C22H24N2O3. The van der Waals surface area contributed by atoms with Crippen LogP contribution in [0.4, 0.5) is 10.5 Å². The zero-order valence-corrected chi connectivity index (χ0v) is 15.3. The molecule has 1 aliphatic heterocycles. The van der Waals surface area contributed by atoms with Gasteiger partial charge in [-0.05, 0) is 43.4 Å². The molecular weight excluding hydrogens is 340 g/mol. The summed E-state index contributed by atoms with van der Waals surface area (Å²) in [7, 11) is 0. The van der Waals surface area contributed by atoms with Gasteiger partial charge < -0.3 is 20.1 Å². The topological polar surface area (TPSA) is 59.6 Å². The van der Waals surface area contributed by atoms with Crippen LogP contribution in [0, 0.1) is 0 Å². The molecule has 0 unspecified atom stereocenters. The molecule has 27 heavy (non-hydrogen) atoms. The number of anilines is 1. The van der Waals surface area contributed by atoms with Gasteiger partial charge in [0.25, 0.3) is 5.79 Å². The van der Waals surface area contributed by atoms with Crippen LogP contribution < -0.4 is 20.1 Å². The first-order chi connectivity index (χ1) is 13.2. The van der Waals surface area contributed by atoms with Gasteiger partial charge >= 0.3 is 6.03 Å². The maximum Gasteiger partial charge on any atom is 0.319 e. The Hall–Kier alpha value is -2.69. The standard InChI is InChI=1S/C22H24N2O3/c25-20(23-15-21(12-13-21)16-6-2-1-3-7-16)24-17-8-9-18-19(14-17)27-22(26-18)10-4-5-11-22/h1-3,6-9,14H,4-5,10-13,15H2,(H2,23,24,25). The summed E-state index contributed by atoms with van der Waals surface area (Å²) < 4.78 is 12.1. The number of carbonyl (C=O) groups is 1. The van der Waals surface area contributed by atoms with Gasteiger partial charge in [0.15, 0.2) is 11.5 Å². The van der Waals surface area contributed by atoms with Gasteiger partial charge in [-0.15, -0.1) is 0 Å². The highest BCUT2D eigenvalue weighted by Crippen LogP contribution is 2.48. The lowest BCUT2D eigenvalue weighted by Gasteiger charge is -2.21. The van der Waals surface area contributed by atoms with Crippen LogP contribution in [-0.2, 0) is 5.41 Å². The second-order valence-electron chi connectivity index (χ2n) is 7.94. The van der Waals surface area contributed by atoms with Crippen LogP contribution in [0.3, 0.4) is 0 Å². The fourth-order valence-corrected chi connectivity index (χ4v) is 4.22. The van der Waals surface area contributed by atoms with E-state index < -0.39 is 5.79 Å². The molecule has 0 atom stereocenters. The molecule has 2 saturated carbocycles. The molecule has 2 fully saturated rings. The second-order valence-corrected chi connectivity index (χ2v) is 7.94. The second kappa shape index (κ2) is 6.19. The van der Waals surface area contributed by atoms with E-state index in [2.05, 4.69) is 34.9 Å². The average molecular weight is 364 g/mol. The number of carbonyl (C=O) groups excluding carboxylic acids is 1. The lowest BCUT2D eigenvalue weighted by Crippen LogP contribution is -2.35. The van der Waals surface area contributed by atoms with Gasteiger partial charge in [-0.25, -0.2) is 4.79 Å². The maximum atomic E-state index is 12.4. The molecule has 0 aromatic heterocycles. The number of nitrogens with one attached hydrogen (secondary N) is 2.